The normalized spacial score (nSPS) is 30.2. The third kappa shape index (κ3) is 3.12. The fourth-order valence-electron chi connectivity index (χ4n) is 5.03. The SMILES string of the molecule is CCOC(=O)c1c(NC(=O)[C@H]2C[C@H]3CC[C@@H]2C3)sc2c1CC[C@@H](C)C2. The standard InChI is InChI=1S/C20H27NO3S/c1-3-24-20(23)17-14-7-4-11(2)8-16(14)25-19(17)21-18(22)15-10-12-5-6-13(15)9-12/h11-13,15H,3-10H2,1-2H3,(H,21,22)/t11-,12+,13-,15+/m1/s1. The first-order chi connectivity index (χ1) is 12.1. The number of fused-ring (bicyclic) bond motifs is 3. The second kappa shape index (κ2) is 6.75. The maximum Gasteiger partial charge on any atom is 0.341 e. The van der Waals surface area contributed by atoms with Gasteiger partial charge in [-0.25, -0.2) is 4.79 Å². The summed E-state index contributed by atoms with van der Waals surface area (Å²) in [5.41, 5.74) is 1.75. The van der Waals surface area contributed by atoms with Crippen LogP contribution in [0.15, 0.2) is 0 Å². The van der Waals surface area contributed by atoms with Crippen LogP contribution in [0.5, 0.6) is 0 Å². The van der Waals surface area contributed by atoms with E-state index in [9.17, 15) is 9.59 Å². The van der Waals surface area contributed by atoms with Crippen LogP contribution in [0.3, 0.4) is 0 Å². The molecule has 0 aromatic carbocycles. The van der Waals surface area contributed by atoms with Crippen molar-refractivity contribution in [3.05, 3.63) is 16.0 Å². The topological polar surface area (TPSA) is 55.4 Å². The van der Waals surface area contributed by atoms with Crippen LogP contribution in [0.25, 0.3) is 0 Å². The Kier molecular flexibility index (Phi) is 4.61. The molecular weight excluding hydrogens is 334 g/mol. The van der Waals surface area contributed by atoms with Crippen molar-refractivity contribution in [1.29, 1.82) is 0 Å². The second-order valence-corrected chi connectivity index (χ2v) is 9.15. The zero-order chi connectivity index (χ0) is 17.6. The van der Waals surface area contributed by atoms with Gasteiger partial charge in [-0.05, 0) is 68.8 Å². The first-order valence-corrected chi connectivity index (χ1v) is 10.5. The average Bonchev–Trinajstić information content (AvgIpc) is 3.27. The monoisotopic (exact) mass is 361 g/mol. The molecule has 2 bridgehead atoms. The molecule has 136 valence electrons. The molecule has 0 saturated heterocycles. The molecule has 1 aromatic heterocycles. The summed E-state index contributed by atoms with van der Waals surface area (Å²) in [7, 11) is 0. The zero-order valence-electron chi connectivity index (χ0n) is 15.1. The minimum Gasteiger partial charge on any atom is -0.462 e. The van der Waals surface area contributed by atoms with E-state index in [1.807, 2.05) is 6.92 Å². The van der Waals surface area contributed by atoms with E-state index in [1.165, 1.54) is 24.1 Å². The number of rotatable bonds is 4. The van der Waals surface area contributed by atoms with Gasteiger partial charge in [0.1, 0.15) is 5.00 Å². The number of thiophene rings is 1. The van der Waals surface area contributed by atoms with Gasteiger partial charge < -0.3 is 10.1 Å². The Labute approximate surface area is 153 Å². The summed E-state index contributed by atoms with van der Waals surface area (Å²) in [5.74, 6) is 1.89. The summed E-state index contributed by atoms with van der Waals surface area (Å²) >= 11 is 1.59. The Hall–Kier alpha value is -1.36. The predicted molar refractivity (Wildman–Crippen MR) is 99.0 cm³/mol. The molecule has 0 unspecified atom stereocenters. The van der Waals surface area contributed by atoms with Gasteiger partial charge in [0.15, 0.2) is 0 Å². The van der Waals surface area contributed by atoms with E-state index in [4.69, 9.17) is 4.74 Å². The number of esters is 1. The Balaban J connectivity index is 1.59. The van der Waals surface area contributed by atoms with E-state index in [0.29, 0.717) is 24.0 Å². The molecule has 1 N–H and O–H groups in total. The van der Waals surface area contributed by atoms with Crippen molar-refractivity contribution in [3.8, 4) is 0 Å². The fraction of sp³-hybridized carbons (Fsp3) is 0.700. The fourth-order valence-corrected chi connectivity index (χ4v) is 6.43. The number of amides is 1. The molecule has 0 aliphatic heterocycles. The van der Waals surface area contributed by atoms with E-state index < -0.39 is 0 Å². The number of carbonyl (C=O) groups excluding carboxylic acids is 2. The number of anilines is 1. The molecule has 2 saturated carbocycles. The number of hydrogen-bond donors (Lipinski definition) is 1. The number of nitrogens with one attached hydrogen (secondary N) is 1. The maximum absolute atomic E-state index is 12.9. The second-order valence-electron chi connectivity index (χ2n) is 8.05. The summed E-state index contributed by atoms with van der Waals surface area (Å²) < 4.78 is 5.29. The molecule has 25 heavy (non-hydrogen) atoms. The minimum atomic E-state index is -0.280. The highest BCUT2D eigenvalue weighted by molar-refractivity contribution is 7.17. The average molecular weight is 362 g/mol. The van der Waals surface area contributed by atoms with Crippen LogP contribution in [-0.4, -0.2) is 18.5 Å². The lowest BCUT2D eigenvalue weighted by Crippen LogP contribution is -2.27. The molecule has 3 aliphatic rings. The highest BCUT2D eigenvalue weighted by Gasteiger charge is 2.43. The van der Waals surface area contributed by atoms with Gasteiger partial charge in [0.2, 0.25) is 5.91 Å². The molecule has 4 nitrogen and oxygen atoms in total. The van der Waals surface area contributed by atoms with E-state index in [0.717, 1.165) is 42.2 Å². The number of carbonyl (C=O) groups is 2. The lowest BCUT2D eigenvalue weighted by atomic mass is 9.87. The zero-order valence-corrected chi connectivity index (χ0v) is 15.9. The van der Waals surface area contributed by atoms with Crippen molar-refractivity contribution < 1.29 is 14.3 Å². The highest BCUT2D eigenvalue weighted by atomic mass is 32.1. The molecule has 4 atom stereocenters. The molecule has 1 amide bonds. The Morgan fingerprint density at radius 3 is 2.76 bits per heavy atom. The molecule has 3 aliphatic carbocycles. The van der Waals surface area contributed by atoms with Crippen LogP contribution in [0.1, 0.15) is 66.8 Å². The molecule has 1 heterocycles. The van der Waals surface area contributed by atoms with Gasteiger partial charge in [0.25, 0.3) is 0 Å². The van der Waals surface area contributed by atoms with Gasteiger partial charge >= 0.3 is 5.97 Å². The van der Waals surface area contributed by atoms with Crippen LogP contribution in [0, 0.1) is 23.7 Å². The minimum absolute atomic E-state index is 0.115. The first-order valence-electron chi connectivity index (χ1n) is 9.69. The number of hydrogen-bond acceptors (Lipinski definition) is 4. The van der Waals surface area contributed by atoms with Gasteiger partial charge in [-0.2, -0.15) is 0 Å². The van der Waals surface area contributed by atoms with Gasteiger partial charge in [-0.1, -0.05) is 13.3 Å². The van der Waals surface area contributed by atoms with E-state index in [1.54, 1.807) is 11.3 Å². The van der Waals surface area contributed by atoms with Gasteiger partial charge in [0, 0.05) is 10.8 Å². The largest absolute Gasteiger partial charge is 0.462 e. The third-order valence-corrected chi connectivity index (χ3v) is 7.47. The Morgan fingerprint density at radius 2 is 2.08 bits per heavy atom. The van der Waals surface area contributed by atoms with Crippen molar-refractivity contribution in [2.75, 3.05) is 11.9 Å². The van der Waals surface area contributed by atoms with E-state index in [-0.39, 0.29) is 17.8 Å². The lowest BCUT2D eigenvalue weighted by Gasteiger charge is -2.20. The number of ether oxygens (including phenoxy) is 1. The predicted octanol–water partition coefficient (Wildman–Crippen LogP) is 4.42. The van der Waals surface area contributed by atoms with E-state index >= 15 is 0 Å². The molecule has 2 fully saturated rings. The summed E-state index contributed by atoms with van der Waals surface area (Å²) in [4.78, 5) is 26.7. The Morgan fingerprint density at radius 1 is 1.24 bits per heavy atom. The first kappa shape index (κ1) is 17.1. The van der Waals surface area contributed by atoms with Crippen molar-refractivity contribution in [3.63, 3.8) is 0 Å². The summed E-state index contributed by atoms with van der Waals surface area (Å²) in [6.45, 7) is 4.44. The summed E-state index contributed by atoms with van der Waals surface area (Å²) in [5, 5.41) is 3.85. The summed E-state index contributed by atoms with van der Waals surface area (Å²) in [6.07, 6.45) is 7.70. The Bertz CT molecular complexity index is 695. The third-order valence-electron chi connectivity index (χ3n) is 6.30. The van der Waals surface area contributed by atoms with Crippen LogP contribution >= 0.6 is 11.3 Å². The van der Waals surface area contributed by atoms with Crippen molar-refractivity contribution in [1.82, 2.24) is 0 Å². The highest BCUT2D eigenvalue weighted by Crippen LogP contribution is 2.49. The lowest BCUT2D eigenvalue weighted by molar-refractivity contribution is -0.121. The van der Waals surface area contributed by atoms with Crippen molar-refractivity contribution >= 4 is 28.2 Å². The van der Waals surface area contributed by atoms with Crippen molar-refractivity contribution in [2.45, 2.75) is 58.8 Å². The smallest absolute Gasteiger partial charge is 0.341 e. The maximum atomic E-state index is 12.9. The van der Waals surface area contributed by atoms with Crippen LogP contribution in [0.4, 0.5) is 5.00 Å². The molecule has 5 heteroatoms. The molecule has 0 radical (unpaired) electrons. The molecule has 0 spiro atoms. The molecule has 4 rings (SSSR count). The van der Waals surface area contributed by atoms with Gasteiger partial charge in [-0.15, -0.1) is 11.3 Å². The van der Waals surface area contributed by atoms with Gasteiger partial charge in [0.05, 0.1) is 12.2 Å². The van der Waals surface area contributed by atoms with Gasteiger partial charge in [-0.3, -0.25) is 4.79 Å². The van der Waals surface area contributed by atoms with Crippen LogP contribution < -0.4 is 5.32 Å². The van der Waals surface area contributed by atoms with E-state index in [2.05, 4.69) is 12.2 Å². The van der Waals surface area contributed by atoms with Crippen LogP contribution in [-0.2, 0) is 22.4 Å². The molecule has 1 aromatic rings. The van der Waals surface area contributed by atoms with Crippen molar-refractivity contribution in [2.24, 2.45) is 23.7 Å². The quantitative estimate of drug-likeness (QED) is 0.808. The molecular formula is C20H27NO3S. The van der Waals surface area contributed by atoms with Crippen LogP contribution in [0.2, 0.25) is 0 Å². The summed E-state index contributed by atoms with van der Waals surface area (Å²) in [6, 6.07) is 0.